The summed E-state index contributed by atoms with van der Waals surface area (Å²) >= 11 is 5.19. The first-order chi connectivity index (χ1) is 9.61. The predicted octanol–water partition coefficient (Wildman–Crippen LogP) is 3.82. The SMILES string of the molecule is CN(CCc1cccs1)C(CN)c1ccc(F)cc1Br. The van der Waals surface area contributed by atoms with E-state index in [9.17, 15) is 4.39 Å². The second-order valence-corrected chi connectivity index (χ2v) is 6.61. The Morgan fingerprint density at radius 1 is 1.40 bits per heavy atom. The minimum Gasteiger partial charge on any atom is -0.329 e. The van der Waals surface area contributed by atoms with Crippen LogP contribution in [0.25, 0.3) is 0 Å². The number of hydrogen-bond donors (Lipinski definition) is 1. The molecule has 0 aliphatic rings. The molecule has 108 valence electrons. The van der Waals surface area contributed by atoms with Gasteiger partial charge >= 0.3 is 0 Å². The molecule has 2 nitrogen and oxygen atoms in total. The third-order valence-electron chi connectivity index (χ3n) is 3.37. The molecule has 0 aliphatic carbocycles. The van der Waals surface area contributed by atoms with E-state index in [1.54, 1.807) is 17.4 Å². The van der Waals surface area contributed by atoms with Gasteiger partial charge in [0.1, 0.15) is 5.82 Å². The maximum Gasteiger partial charge on any atom is 0.124 e. The monoisotopic (exact) mass is 356 g/mol. The van der Waals surface area contributed by atoms with Gasteiger partial charge in [-0.05, 0) is 42.6 Å². The van der Waals surface area contributed by atoms with Gasteiger partial charge in [-0.3, -0.25) is 4.90 Å². The van der Waals surface area contributed by atoms with Crippen LogP contribution < -0.4 is 5.73 Å². The van der Waals surface area contributed by atoms with Crippen LogP contribution in [0.4, 0.5) is 4.39 Å². The Kier molecular flexibility index (Phi) is 5.72. The number of halogens is 2. The van der Waals surface area contributed by atoms with Crippen molar-refractivity contribution in [3.8, 4) is 0 Å². The van der Waals surface area contributed by atoms with Crippen LogP contribution in [0.3, 0.4) is 0 Å². The fourth-order valence-corrected chi connectivity index (χ4v) is 3.53. The number of nitrogens with zero attached hydrogens (tertiary/aromatic N) is 1. The van der Waals surface area contributed by atoms with E-state index in [-0.39, 0.29) is 11.9 Å². The van der Waals surface area contributed by atoms with Gasteiger partial charge in [0.2, 0.25) is 0 Å². The Bertz CT molecular complexity index is 545. The lowest BCUT2D eigenvalue weighted by Gasteiger charge is -2.28. The molecule has 0 saturated carbocycles. The summed E-state index contributed by atoms with van der Waals surface area (Å²) in [5.74, 6) is -0.238. The number of rotatable bonds is 6. The first-order valence-electron chi connectivity index (χ1n) is 6.49. The zero-order valence-electron chi connectivity index (χ0n) is 11.4. The van der Waals surface area contributed by atoms with Crippen molar-refractivity contribution in [2.24, 2.45) is 5.73 Å². The summed E-state index contributed by atoms with van der Waals surface area (Å²) in [6.45, 7) is 1.43. The second kappa shape index (κ2) is 7.31. The summed E-state index contributed by atoms with van der Waals surface area (Å²) < 4.78 is 14.0. The Hall–Kier alpha value is -0.750. The van der Waals surface area contributed by atoms with Crippen molar-refractivity contribution in [1.82, 2.24) is 4.90 Å². The van der Waals surface area contributed by atoms with Crippen LogP contribution in [0.5, 0.6) is 0 Å². The molecule has 0 bridgehead atoms. The standard InChI is InChI=1S/C15H18BrFN2S/c1-19(7-6-12-3-2-8-20-12)15(10-18)13-5-4-11(17)9-14(13)16/h2-5,8-9,15H,6-7,10,18H2,1H3. The maximum atomic E-state index is 13.2. The second-order valence-electron chi connectivity index (χ2n) is 4.73. The lowest BCUT2D eigenvalue weighted by molar-refractivity contribution is 0.253. The molecule has 1 unspecified atom stereocenters. The van der Waals surface area contributed by atoms with Crippen LogP contribution in [0.15, 0.2) is 40.2 Å². The number of nitrogens with two attached hydrogens (primary N) is 1. The van der Waals surface area contributed by atoms with Crippen LogP contribution in [-0.2, 0) is 6.42 Å². The minimum absolute atomic E-state index is 0.0879. The average molecular weight is 357 g/mol. The fraction of sp³-hybridized carbons (Fsp3) is 0.333. The maximum absolute atomic E-state index is 13.2. The van der Waals surface area contributed by atoms with E-state index in [4.69, 9.17) is 5.73 Å². The molecule has 1 heterocycles. The fourth-order valence-electron chi connectivity index (χ4n) is 2.21. The molecule has 0 saturated heterocycles. The number of likely N-dealkylation sites (N-methyl/N-ethyl adjacent to an activating group) is 1. The van der Waals surface area contributed by atoms with Gasteiger partial charge in [0.15, 0.2) is 0 Å². The first kappa shape index (κ1) is 15.6. The topological polar surface area (TPSA) is 29.3 Å². The molecular weight excluding hydrogens is 339 g/mol. The van der Waals surface area contributed by atoms with Gasteiger partial charge in [-0.2, -0.15) is 0 Å². The molecule has 2 rings (SSSR count). The zero-order chi connectivity index (χ0) is 14.5. The molecular formula is C15H18BrFN2S. The summed E-state index contributed by atoms with van der Waals surface area (Å²) in [5, 5.41) is 2.09. The van der Waals surface area contributed by atoms with E-state index >= 15 is 0 Å². The van der Waals surface area contributed by atoms with Crippen molar-refractivity contribution in [2.45, 2.75) is 12.5 Å². The summed E-state index contributed by atoms with van der Waals surface area (Å²) in [7, 11) is 2.06. The van der Waals surface area contributed by atoms with Gasteiger partial charge < -0.3 is 5.73 Å². The molecule has 2 aromatic rings. The third-order valence-corrected chi connectivity index (χ3v) is 4.99. The van der Waals surface area contributed by atoms with E-state index in [1.807, 2.05) is 0 Å². The Morgan fingerprint density at radius 3 is 2.80 bits per heavy atom. The first-order valence-corrected chi connectivity index (χ1v) is 8.16. The lowest BCUT2D eigenvalue weighted by Crippen LogP contribution is -2.32. The Morgan fingerprint density at radius 2 is 2.20 bits per heavy atom. The largest absolute Gasteiger partial charge is 0.329 e. The van der Waals surface area contributed by atoms with Gasteiger partial charge in [-0.15, -0.1) is 11.3 Å². The van der Waals surface area contributed by atoms with Crippen molar-refractivity contribution >= 4 is 27.3 Å². The van der Waals surface area contributed by atoms with Crippen LogP contribution >= 0.6 is 27.3 Å². The number of hydrogen-bond acceptors (Lipinski definition) is 3. The van der Waals surface area contributed by atoms with Crippen molar-refractivity contribution < 1.29 is 4.39 Å². The van der Waals surface area contributed by atoms with E-state index in [1.165, 1.54) is 17.0 Å². The molecule has 1 atom stereocenters. The lowest BCUT2D eigenvalue weighted by atomic mass is 10.1. The third kappa shape index (κ3) is 3.88. The molecule has 0 aliphatic heterocycles. The molecule has 1 aromatic heterocycles. The quantitative estimate of drug-likeness (QED) is 0.852. The van der Waals surface area contributed by atoms with Crippen molar-refractivity contribution in [3.05, 3.63) is 56.4 Å². The van der Waals surface area contributed by atoms with Crippen LogP contribution in [0.1, 0.15) is 16.5 Å². The zero-order valence-corrected chi connectivity index (χ0v) is 13.8. The van der Waals surface area contributed by atoms with E-state index < -0.39 is 0 Å². The molecule has 0 spiro atoms. The molecule has 5 heteroatoms. The van der Waals surface area contributed by atoms with Crippen LogP contribution in [-0.4, -0.2) is 25.0 Å². The molecule has 20 heavy (non-hydrogen) atoms. The minimum atomic E-state index is -0.238. The van der Waals surface area contributed by atoms with Gasteiger partial charge in [-0.1, -0.05) is 28.1 Å². The van der Waals surface area contributed by atoms with Gasteiger partial charge in [-0.25, -0.2) is 4.39 Å². The highest BCUT2D eigenvalue weighted by Crippen LogP contribution is 2.27. The van der Waals surface area contributed by atoms with E-state index in [2.05, 4.69) is 45.4 Å². The summed E-state index contributed by atoms with van der Waals surface area (Å²) in [4.78, 5) is 3.59. The van der Waals surface area contributed by atoms with Gasteiger partial charge in [0.25, 0.3) is 0 Å². The number of benzene rings is 1. The highest BCUT2D eigenvalue weighted by Gasteiger charge is 2.18. The van der Waals surface area contributed by atoms with Crippen LogP contribution in [0, 0.1) is 5.82 Å². The van der Waals surface area contributed by atoms with E-state index in [0.717, 1.165) is 23.0 Å². The molecule has 0 fully saturated rings. The Labute approximate surface area is 131 Å². The molecule has 0 amide bonds. The normalized spacial score (nSPS) is 12.8. The predicted molar refractivity (Wildman–Crippen MR) is 86.5 cm³/mol. The van der Waals surface area contributed by atoms with Crippen molar-refractivity contribution in [3.63, 3.8) is 0 Å². The van der Waals surface area contributed by atoms with E-state index in [0.29, 0.717) is 6.54 Å². The Balaban J connectivity index is 2.06. The smallest absolute Gasteiger partial charge is 0.124 e. The summed E-state index contributed by atoms with van der Waals surface area (Å²) in [6.07, 6.45) is 1.00. The summed E-state index contributed by atoms with van der Waals surface area (Å²) in [5.41, 5.74) is 6.94. The van der Waals surface area contributed by atoms with Crippen molar-refractivity contribution in [2.75, 3.05) is 20.1 Å². The molecule has 2 N–H and O–H groups in total. The highest BCUT2D eigenvalue weighted by molar-refractivity contribution is 9.10. The molecule has 0 radical (unpaired) electrons. The van der Waals surface area contributed by atoms with Gasteiger partial charge in [0.05, 0.1) is 0 Å². The number of thiophene rings is 1. The molecule has 1 aromatic carbocycles. The van der Waals surface area contributed by atoms with Gasteiger partial charge in [0, 0.05) is 28.5 Å². The van der Waals surface area contributed by atoms with Crippen LogP contribution in [0.2, 0.25) is 0 Å². The summed E-state index contributed by atoms with van der Waals surface area (Å²) in [6, 6.07) is 9.07. The highest BCUT2D eigenvalue weighted by atomic mass is 79.9. The average Bonchev–Trinajstić information content (AvgIpc) is 2.93. The van der Waals surface area contributed by atoms with Crippen molar-refractivity contribution in [1.29, 1.82) is 0 Å².